The summed E-state index contributed by atoms with van der Waals surface area (Å²) in [7, 11) is 0. The van der Waals surface area contributed by atoms with Crippen molar-refractivity contribution in [1.82, 2.24) is 4.98 Å². The molecule has 1 aromatic carbocycles. The molecule has 3 rings (SSSR count). The molecule has 1 aliphatic rings. The van der Waals surface area contributed by atoms with Crippen LogP contribution in [-0.2, 0) is 6.42 Å². The Labute approximate surface area is 160 Å². The first-order valence-corrected chi connectivity index (χ1v) is 7.72. The highest BCUT2D eigenvalue weighted by Gasteiger charge is 2.27. The lowest BCUT2D eigenvalue weighted by atomic mass is 9.80. The highest BCUT2D eigenvalue weighted by atomic mass is 35.5. The number of hydrogen-bond acceptors (Lipinski definition) is 3. The van der Waals surface area contributed by atoms with Gasteiger partial charge in [-0.15, -0.1) is 29.9 Å². The van der Waals surface area contributed by atoms with Crippen LogP contribution in [0.5, 0.6) is 0 Å². The Hall–Kier alpha value is -2.11. The second-order valence-corrected chi connectivity index (χ2v) is 5.99. The van der Waals surface area contributed by atoms with Gasteiger partial charge in [0.25, 0.3) is 0 Å². The average Bonchev–Trinajstić information content (AvgIpc) is 2.52. The zero-order valence-corrected chi connectivity index (χ0v) is 15.9. The third-order valence-electron chi connectivity index (χ3n) is 4.14. The lowest BCUT2D eigenvalue weighted by Gasteiger charge is -2.26. The molecule has 0 spiro atoms. The average molecular weight is 380 g/mol. The number of pyridine rings is 1. The summed E-state index contributed by atoms with van der Waals surface area (Å²) in [6.45, 7) is 4.10. The van der Waals surface area contributed by atoms with Crippen molar-refractivity contribution in [1.29, 1.82) is 0 Å². The van der Waals surface area contributed by atoms with Crippen LogP contribution in [0.4, 0.5) is 0 Å². The van der Waals surface area contributed by atoms with E-state index in [0.717, 1.165) is 35.5 Å². The SMILES string of the molecule is Cc1cc(C)c2c(n1)CC(c1ccccc1)C/C2=N\N=C(N)N.Cl.Cl. The summed E-state index contributed by atoms with van der Waals surface area (Å²) in [6, 6.07) is 12.5. The molecular weight excluding hydrogens is 357 g/mol. The van der Waals surface area contributed by atoms with Gasteiger partial charge in [-0.05, 0) is 49.8 Å². The highest BCUT2D eigenvalue weighted by molar-refractivity contribution is 6.04. The predicted octanol–water partition coefficient (Wildman–Crippen LogP) is 3.25. The van der Waals surface area contributed by atoms with E-state index >= 15 is 0 Å². The number of nitrogens with zero attached hydrogens (tertiary/aromatic N) is 3. The number of nitrogens with two attached hydrogens (primary N) is 2. The molecule has 0 bridgehead atoms. The minimum atomic E-state index is -0.0291. The summed E-state index contributed by atoms with van der Waals surface area (Å²) in [6.07, 6.45) is 1.71. The zero-order valence-electron chi connectivity index (χ0n) is 14.3. The standard InChI is InChI=1S/C18H21N5.2ClH/c1-11-8-12(2)21-15-9-14(13-6-4-3-5-7-13)10-16(17(11)15)22-23-18(19)20;;/h3-8,14H,9-10H2,1-2H3,(H4,19,20,23);2*1H/b22-16+;;. The quantitative estimate of drug-likeness (QED) is 0.476. The fourth-order valence-electron chi connectivity index (χ4n) is 3.27. The Balaban J connectivity index is 0.00000156. The van der Waals surface area contributed by atoms with Crippen molar-refractivity contribution >= 4 is 36.5 Å². The van der Waals surface area contributed by atoms with E-state index in [1.807, 2.05) is 13.0 Å². The first-order valence-electron chi connectivity index (χ1n) is 7.72. The number of rotatable bonds is 2. The van der Waals surface area contributed by atoms with E-state index in [4.69, 9.17) is 16.5 Å². The van der Waals surface area contributed by atoms with Gasteiger partial charge in [0.2, 0.25) is 5.96 Å². The molecular formula is C18H23Cl2N5. The van der Waals surface area contributed by atoms with Crippen LogP contribution in [0.1, 0.15) is 40.4 Å². The van der Waals surface area contributed by atoms with Crippen LogP contribution in [-0.4, -0.2) is 16.7 Å². The van der Waals surface area contributed by atoms with Gasteiger partial charge in [0, 0.05) is 11.3 Å². The normalized spacial score (nSPS) is 17.0. The van der Waals surface area contributed by atoms with Crippen molar-refractivity contribution in [3.63, 3.8) is 0 Å². The molecule has 1 unspecified atom stereocenters. The maximum absolute atomic E-state index is 5.44. The molecule has 0 aliphatic heterocycles. The second-order valence-electron chi connectivity index (χ2n) is 5.99. The Bertz CT molecular complexity index is 784. The third kappa shape index (κ3) is 4.71. The van der Waals surface area contributed by atoms with Gasteiger partial charge in [0.05, 0.1) is 11.4 Å². The molecule has 7 heteroatoms. The molecule has 1 heterocycles. The van der Waals surface area contributed by atoms with E-state index in [1.54, 1.807) is 0 Å². The van der Waals surface area contributed by atoms with Crippen LogP contribution in [0.3, 0.4) is 0 Å². The summed E-state index contributed by atoms with van der Waals surface area (Å²) < 4.78 is 0. The van der Waals surface area contributed by atoms with E-state index in [1.165, 1.54) is 11.1 Å². The first-order chi connectivity index (χ1) is 11.0. The first kappa shape index (κ1) is 20.9. The summed E-state index contributed by atoms with van der Waals surface area (Å²) >= 11 is 0. The van der Waals surface area contributed by atoms with Gasteiger partial charge in [0.15, 0.2) is 0 Å². The highest BCUT2D eigenvalue weighted by Crippen LogP contribution is 2.34. The number of aryl methyl sites for hydroxylation is 2. The van der Waals surface area contributed by atoms with Crippen LogP contribution >= 0.6 is 24.8 Å². The van der Waals surface area contributed by atoms with E-state index in [-0.39, 0.29) is 30.8 Å². The van der Waals surface area contributed by atoms with Crippen molar-refractivity contribution in [2.24, 2.45) is 21.7 Å². The molecule has 25 heavy (non-hydrogen) atoms. The van der Waals surface area contributed by atoms with Gasteiger partial charge in [-0.1, -0.05) is 30.3 Å². The van der Waals surface area contributed by atoms with Crippen LogP contribution in [0.15, 0.2) is 46.6 Å². The fourth-order valence-corrected chi connectivity index (χ4v) is 3.27. The zero-order chi connectivity index (χ0) is 16.4. The number of fused-ring (bicyclic) bond motifs is 1. The summed E-state index contributed by atoms with van der Waals surface area (Å²) in [5, 5.41) is 8.18. The van der Waals surface area contributed by atoms with Gasteiger partial charge in [-0.3, -0.25) is 4.98 Å². The minimum absolute atomic E-state index is 0. The van der Waals surface area contributed by atoms with Crippen molar-refractivity contribution in [2.45, 2.75) is 32.6 Å². The van der Waals surface area contributed by atoms with Crippen LogP contribution in [0, 0.1) is 13.8 Å². The molecule has 1 aliphatic carbocycles. The van der Waals surface area contributed by atoms with E-state index in [9.17, 15) is 0 Å². The van der Waals surface area contributed by atoms with Gasteiger partial charge in [0.1, 0.15) is 0 Å². The molecule has 1 aromatic heterocycles. The molecule has 0 radical (unpaired) electrons. The number of halogens is 2. The molecule has 0 fully saturated rings. The molecule has 1 atom stereocenters. The van der Waals surface area contributed by atoms with Gasteiger partial charge in [-0.2, -0.15) is 5.10 Å². The molecule has 0 amide bonds. The van der Waals surface area contributed by atoms with Gasteiger partial charge >= 0.3 is 0 Å². The topological polar surface area (TPSA) is 89.6 Å². The minimum Gasteiger partial charge on any atom is -0.369 e. The molecule has 5 nitrogen and oxygen atoms in total. The largest absolute Gasteiger partial charge is 0.369 e. The van der Waals surface area contributed by atoms with Crippen LogP contribution < -0.4 is 11.5 Å². The van der Waals surface area contributed by atoms with Gasteiger partial charge < -0.3 is 11.5 Å². The summed E-state index contributed by atoms with van der Waals surface area (Å²) in [5.74, 6) is 0.309. The monoisotopic (exact) mass is 379 g/mol. The Kier molecular flexibility index (Phi) is 7.39. The van der Waals surface area contributed by atoms with Crippen LogP contribution in [0.25, 0.3) is 0 Å². The van der Waals surface area contributed by atoms with Gasteiger partial charge in [-0.25, -0.2) is 0 Å². The van der Waals surface area contributed by atoms with Crippen molar-refractivity contribution < 1.29 is 0 Å². The molecule has 0 saturated heterocycles. The summed E-state index contributed by atoms with van der Waals surface area (Å²) in [5.41, 5.74) is 17.4. The number of guanidine groups is 1. The maximum atomic E-state index is 5.44. The molecule has 4 N–H and O–H groups in total. The summed E-state index contributed by atoms with van der Waals surface area (Å²) in [4.78, 5) is 4.74. The van der Waals surface area contributed by atoms with Crippen LogP contribution in [0.2, 0.25) is 0 Å². The second kappa shape index (κ2) is 8.83. The Morgan fingerprint density at radius 3 is 2.40 bits per heavy atom. The van der Waals surface area contributed by atoms with Crippen molar-refractivity contribution in [3.8, 4) is 0 Å². The molecule has 2 aromatic rings. The maximum Gasteiger partial charge on any atom is 0.211 e. The Morgan fingerprint density at radius 1 is 1.08 bits per heavy atom. The molecule has 0 saturated carbocycles. The van der Waals surface area contributed by atoms with E-state index in [2.05, 4.69) is 47.5 Å². The fraction of sp³-hybridized carbons (Fsp3) is 0.278. The number of aromatic nitrogens is 1. The third-order valence-corrected chi connectivity index (χ3v) is 4.14. The van der Waals surface area contributed by atoms with Crippen molar-refractivity contribution in [2.75, 3.05) is 0 Å². The lowest BCUT2D eigenvalue weighted by molar-refractivity contribution is 0.675. The smallest absolute Gasteiger partial charge is 0.211 e. The number of hydrogen-bond donors (Lipinski definition) is 2. The predicted molar refractivity (Wildman–Crippen MR) is 108 cm³/mol. The lowest BCUT2D eigenvalue weighted by Crippen LogP contribution is -2.24. The van der Waals surface area contributed by atoms with E-state index < -0.39 is 0 Å². The van der Waals surface area contributed by atoms with E-state index in [0.29, 0.717) is 5.92 Å². The molecule has 134 valence electrons. The Morgan fingerprint density at radius 2 is 1.76 bits per heavy atom. The number of benzene rings is 1. The van der Waals surface area contributed by atoms with Crippen molar-refractivity contribution in [3.05, 3.63) is 64.5 Å².